The van der Waals surface area contributed by atoms with Crippen LogP contribution in [0.15, 0.2) is 48.5 Å². The molecular weight excluding hydrogens is 343 g/mol. The van der Waals surface area contributed by atoms with E-state index in [1.54, 1.807) is 18.2 Å². The molecule has 1 heterocycles. The maximum absolute atomic E-state index is 13.0. The van der Waals surface area contributed by atoms with Crippen molar-refractivity contribution in [1.29, 1.82) is 0 Å². The highest BCUT2D eigenvalue weighted by molar-refractivity contribution is 5.56. The van der Waals surface area contributed by atoms with Crippen molar-refractivity contribution in [2.45, 2.75) is 38.1 Å². The number of alkyl halides is 3. The van der Waals surface area contributed by atoms with Gasteiger partial charge in [-0.2, -0.15) is 13.2 Å². The molecule has 0 aliphatic carbocycles. The van der Waals surface area contributed by atoms with E-state index in [0.717, 1.165) is 37.4 Å². The van der Waals surface area contributed by atoms with E-state index < -0.39 is 11.7 Å². The molecule has 1 saturated heterocycles. The lowest BCUT2D eigenvalue weighted by atomic mass is 10.1. The Balaban J connectivity index is 1.67. The lowest BCUT2D eigenvalue weighted by molar-refractivity contribution is -0.138. The van der Waals surface area contributed by atoms with Crippen LogP contribution in [0.3, 0.4) is 0 Å². The van der Waals surface area contributed by atoms with Crippen LogP contribution in [-0.4, -0.2) is 18.9 Å². The molecule has 2 aromatic carbocycles. The number of aldehydes is 1. The van der Waals surface area contributed by atoms with E-state index in [1.807, 2.05) is 12.1 Å². The normalized spacial score (nSPS) is 17.3. The molecule has 0 bridgehead atoms. The average Bonchev–Trinajstić information content (AvgIpc) is 3.08. The summed E-state index contributed by atoms with van der Waals surface area (Å²) >= 11 is 0. The molecule has 138 valence electrons. The molecule has 0 spiro atoms. The fourth-order valence-electron chi connectivity index (χ4n) is 3.35. The Labute approximate surface area is 150 Å². The molecule has 1 unspecified atom stereocenters. The van der Waals surface area contributed by atoms with Gasteiger partial charge in [-0.3, -0.25) is 0 Å². The highest BCUT2D eigenvalue weighted by atomic mass is 19.4. The van der Waals surface area contributed by atoms with Crippen LogP contribution < -0.4 is 9.64 Å². The molecule has 2 aromatic rings. The molecule has 0 aromatic heterocycles. The lowest BCUT2D eigenvalue weighted by Gasteiger charge is -2.25. The third-order valence-electron chi connectivity index (χ3n) is 4.63. The van der Waals surface area contributed by atoms with Gasteiger partial charge in [-0.1, -0.05) is 18.2 Å². The van der Waals surface area contributed by atoms with E-state index in [2.05, 4.69) is 4.90 Å². The standard InChI is InChI=1S/C20H20F3NO2/c21-20(22,23)19-6-2-1-4-15(19)14-26-18-9-7-17(8-10-18)24-12-3-5-16(24)11-13-25/h1-2,4,6-10,13,16H,3,5,11-12,14H2. The number of rotatable bonds is 6. The Morgan fingerprint density at radius 1 is 1.12 bits per heavy atom. The molecule has 1 atom stereocenters. The van der Waals surface area contributed by atoms with E-state index in [-0.39, 0.29) is 18.2 Å². The van der Waals surface area contributed by atoms with Gasteiger partial charge in [0.1, 0.15) is 18.6 Å². The lowest BCUT2D eigenvalue weighted by Crippen LogP contribution is -2.29. The Bertz CT molecular complexity index is 743. The van der Waals surface area contributed by atoms with Crippen molar-refractivity contribution in [3.63, 3.8) is 0 Å². The Hall–Kier alpha value is -2.50. The van der Waals surface area contributed by atoms with Gasteiger partial charge in [-0.05, 0) is 43.2 Å². The third kappa shape index (κ3) is 4.18. The number of anilines is 1. The van der Waals surface area contributed by atoms with Gasteiger partial charge in [0.15, 0.2) is 0 Å². The van der Waals surface area contributed by atoms with Crippen LogP contribution in [0.25, 0.3) is 0 Å². The summed E-state index contributed by atoms with van der Waals surface area (Å²) < 4.78 is 44.6. The van der Waals surface area contributed by atoms with Gasteiger partial charge in [-0.15, -0.1) is 0 Å². The highest BCUT2D eigenvalue weighted by Crippen LogP contribution is 2.33. The first-order valence-electron chi connectivity index (χ1n) is 8.57. The summed E-state index contributed by atoms with van der Waals surface area (Å²) in [5.41, 5.74) is 0.428. The van der Waals surface area contributed by atoms with E-state index in [9.17, 15) is 18.0 Å². The predicted octanol–water partition coefficient (Wildman–Crippen LogP) is 4.84. The quantitative estimate of drug-likeness (QED) is 0.688. The molecule has 0 N–H and O–H groups in total. The minimum atomic E-state index is -4.40. The largest absolute Gasteiger partial charge is 0.489 e. The Kier molecular flexibility index (Phi) is 5.49. The van der Waals surface area contributed by atoms with Crippen molar-refractivity contribution >= 4 is 12.0 Å². The zero-order valence-electron chi connectivity index (χ0n) is 14.2. The van der Waals surface area contributed by atoms with Crippen LogP contribution in [0.1, 0.15) is 30.4 Å². The van der Waals surface area contributed by atoms with Crippen LogP contribution in [0.4, 0.5) is 18.9 Å². The first-order chi connectivity index (χ1) is 12.5. The monoisotopic (exact) mass is 363 g/mol. The van der Waals surface area contributed by atoms with Gasteiger partial charge in [0.25, 0.3) is 0 Å². The van der Waals surface area contributed by atoms with Crippen molar-refractivity contribution in [2.24, 2.45) is 0 Å². The molecule has 6 heteroatoms. The van der Waals surface area contributed by atoms with Gasteiger partial charge in [0, 0.05) is 30.3 Å². The summed E-state index contributed by atoms with van der Waals surface area (Å²) in [6.45, 7) is 0.754. The zero-order chi connectivity index (χ0) is 18.6. The van der Waals surface area contributed by atoms with Crippen molar-refractivity contribution in [3.05, 3.63) is 59.7 Å². The van der Waals surface area contributed by atoms with Crippen LogP contribution >= 0.6 is 0 Å². The van der Waals surface area contributed by atoms with Crippen LogP contribution in [-0.2, 0) is 17.6 Å². The minimum absolute atomic E-state index is 0.106. The second kappa shape index (κ2) is 7.81. The molecule has 0 amide bonds. The second-order valence-electron chi connectivity index (χ2n) is 6.33. The van der Waals surface area contributed by atoms with E-state index in [4.69, 9.17) is 4.74 Å². The molecule has 1 fully saturated rings. The van der Waals surface area contributed by atoms with Crippen molar-refractivity contribution in [2.75, 3.05) is 11.4 Å². The Morgan fingerprint density at radius 2 is 1.85 bits per heavy atom. The van der Waals surface area contributed by atoms with Gasteiger partial charge in [0.05, 0.1) is 5.56 Å². The SMILES string of the molecule is O=CCC1CCCN1c1ccc(OCc2ccccc2C(F)(F)F)cc1. The number of carbonyl (C=O) groups excluding carboxylic acids is 1. The van der Waals surface area contributed by atoms with Crippen LogP contribution in [0, 0.1) is 0 Å². The summed E-state index contributed by atoms with van der Waals surface area (Å²) in [5, 5.41) is 0. The van der Waals surface area contributed by atoms with E-state index >= 15 is 0 Å². The molecular formula is C20H20F3NO2. The molecule has 1 aliphatic heterocycles. The summed E-state index contributed by atoms with van der Waals surface area (Å²) in [6, 6.07) is 12.9. The van der Waals surface area contributed by atoms with Crippen LogP contribution in [0.2, 0.25) is 0 Å². The van der Waals surface area contributed by atoms with Crippen molar-refractivity contribution in [3.8, 4) is 5.75 Å². The Morgan fingerprint density at radius 3 is 2.54 bits per heavy atom. The molecule has 26 heavy (non-hydrogen) atoms. The smallest absolute Gasteiger partial charge is 0.416 e. The minimum Gasteiger partial charge on any atom is -0.489 e. The number of hydrogen-bond donors (Lipinski definition) is 0. The van der Waals surface area contributed by atoms with Crippen LogP contribution in [0.5, 0.6) is 5.75 Å². The summed E-state index contributed by atoms with van der Waals surface area (Å²) in [7, 11) is 0. The number of carbonyl (C=O) groups is 1. The fourth-order valence-corrected chi connectivity index (χ4v) is 3.35. The predicted molar refractivity (Wildman–Crippen MR) is 93.3 cm³/mol. The third-order valence-corrected chi connectivity index (χ3v) is 4.63. The zero-order valence-corrected chi connectivity index (χ0v) is 14.2. The number of nitrogens with zero attached hydrogens (tertiary/aromatic N) is 1. The van der Waals surface area contributed by atoms with E-state index in [1.165, 1.54) is 12.1 Å². The number of benzene rings is 2. The highest BCUT2D eigenvalue weighted by Gasteiger charge is 2.33. The van der Waals surface area contributed by atoms with Gasteiger partial charge in [0.2, 0.25) is 0 Å². The number of ether oxygens (including phenoxy) is 1. The molecule has 0 radical (unpaired) electrons. The number of halogens is 3. The maximum atomic E-state index is 13.0. The number of hydrogen-bond acceptors (Lipinski definition) is 3. The molecule has 3 nitrogen and oxygen atoms in total. The second-order valence-corrected chi connectivity index (χ2v) is 6.33. The molecule has 1 aliphatic rings. The topological polar surface area (TPSA) is 29.5 Å². The molecule has 0 saturated carbocycles. The van der Waals surface area contributed by atoms with E-state index in [0.29, 0.717) is 12.2 Å². The summed E-state index contributed by atoms with van der Waals surface area (Å²) in [6.07, 6.45) is -0.908. The maximum Gasteiger partial charge on any atom is 0.416 e. The summed E-state index contributed by atoms with van der Waals surface area (Å²) in [5.74, 6) is 0.511. The fraction of sp³-hybridized carbons (Fsp3) is 0.350. The van der Waals surface area contributed by atoms with Crippen molar-refractivity contribution < 1.29 is 22.7 Å². The first-order valence-corrected chi connectivity index (χ1v) is 8.57. The summed E-state index contributed by atoms with van der Waals surface area (Å²) in [4.78, 5) is 13.0. The first kappa shape index (κ1) is 18.3. The van der Waals surface area contributed by atoms with Gasteiger partial charge < -0.3 is 14.4 Å². The van der Waals surface area contributed by atoms with Crippen molar-refractivity contribution in [1.82, 2.24) is 0 Å². The van der Waals surface area contributed by atoms with Gasteiger partial charge >= 0.3 is 6.18 Å². The average molecular weight is 363 g/mol. The molecule has 3 rings (SSSR count). The van der Waals surface area contributed by atoms with Gasteiger partial charge in [-0.25, -0.2) is 0 Å².